The molecule has 0 radical (unpaired) electrons. The van der Waals surface area contributed by atoms with Crippen molar-refractivity contribution in [2.45, 2.75) is 13.8 Å². The van der Waals surface area contributed by atoms with E-state index in [2.05, 4.69) is 10.6 Å². The number of amides is 1. The van der Waals surface area contributed by atoms with E-state index in [0.29, 0.717) is 5.56 Å². The Labute approximate surface area is 135 Å². The molecule has 22 heavy (non-hydrogen) atoms. The number of hydrogen-bond donors (Lipinski definition) is 2. The van der Waals surface area contributed by atoms with Crippen molar-refractivity contribution in [2.24, 2.45) is 0 Å². The molecule has 114 valence electrons. The third kappa shape index (κ3) is 4.05. The molecule has 0 heterocycles. The number of benzene rings is 2. The van der Waals surface area contributed by atoms with Gasteiger partial charge in [0.15, 0.2) is 5.11 Å². The summed E-state index contributed by atoms with van der Waals surface area (Å²) in [6.45, 7) is 3.98. The lowest BCUT2D eigenvalue weighted by molar-refractivity contribution is 0.0977. The van der Waals surface area contributed by atoms with Gasteiger partial charge < -0.3 is 10.1 Å². The molecule has 1 amide bonds. The van der Waals surface area contributed by atoms with Crippen LogP contribution in [0.25, 0.3) is 0 Å². The van der Waals surface area contributed by atoms with Crippen LogP contribution in [0.2, 0.25) is 0 Å². The summed E-state index contributed by atoms with van der Waals surface area (Å²) in [4.78, 5) is 12.2. The fourth-order valence-electron chi connectivity index (χ4n) is 1.89. The topological polar surface area (TPSA) is 50.4 Å². The van der Waals surface area contributed by atoms with Gasteiger partial charge in [0, 0.05) is 11.3 Å². The molecule has 0 aliphatic heterocycles. The van der Waals surface area contributed by atoms with E-state index in [4.69, 9.17) is 17.0 Å². The average molecular weight is 314 g/mol. The largest absolute Gasteiger partial charge is 0.497 e. The highest BCUT2D eigenvalue weighted by atomic mass is 32.1. The molecule has 2 aromatic rings. The number of carbonyl (C=O) groups excluding carboxylic acids is 1. The van der Waals surface area contributed by atoms with Gasteiger partial charge in [0.05, 0.1) is 7.11 Å². The van der Waals surface area contributed by atoms with Crippen molar-refractivity contribution in [3.8, 4) is 5.75 Å². The lowest BCUT2D eigenvalue weighted by Crippen LogP contribution is -2.34. The van der Waals surface area contributed by atoms with Crippen LogP contribution in [0.1, 0.15) is 21.5 Å². The highest BCUT2D eigenvalue weighted by Gasteiger charge is 2.09. The zero-order valence-electron chi connectivity index (χ0n) is 12.8. The fourth-order valence-corrected chi connectivity index (χ4v) is 2.11. The van der Waals surface area contributed by atoms with E-state index in [9.17, 15) is 4.79 Å². The monoisotopic (exact) mass is 314 g/mol. The molecule has 0 atom stereocenters. The first kappa shape index (κ1) is 16.0. The summed E-state index contributed by atoms with van der Waals surface area (Å²) in [6, 6.07) is 12.8. The van der Waals surface area contributed by atoms with E-state index in [-0.39, 0.29) is 11.0 Å². The van der Waals surface area contributed by atoms with Crippen LogP contribution in [0, 0.1) is 13.8 Å². The summed E-state index contributed by atoms with van der Waals surface area (Å²) >= 11 is 5.16. The molecular weight excluding hydrogens is 296 g/mol. The molecule has 4 nitrogen and oxygen atoms in total. The van der Waals surface area contributed by atoms with Crippen molar-refractivity contribution in [2.75, 3.05) is 12.4 Å². The lowest BCUT2D eigenvalue weighted by Gasteiger charge is -2.11. The Balaban J connectivity index is 1.98. The van der Waals surface area contributed by atoms with Gasteiger partial charge in [-0.15, -0.1) is 0 Å². The molecule has 2 rings (SSSR count). The van der Waals surface area contributed by atoms with Crippen molar-refractivity contribution in [1.82, 2.24) is 5.32 Å². The molecule has 0 unspecified atom stereocenters. The summed E-state index contributed by atoms with van der Waals surface area (Å²) < 4.78 is 5.09. The molecule has 2 aromatic carbocycles. The molecule has 0 saturated carbocycles. The number of aryl methyl sites for hydroxylation is 2. The second-order valence-electron chi connectivity index (χ2n) is 4.94. The number of thiocarbonyl (C=S) groups is 1. The first-order chi connectivity index (χ1) is 10.5. The summed E-state index contributed by atoms with van der Waals surface area (Å²) in [5, 5.41) is 5.89. The van der Waals surface area contributed by atoms with E-state index in [1.54, 1.807) is 13.2 Å². The Bertz CT molecular complexity index is 696. The zero-order chi connectivity index (χ0) is 16.1. The minimum Gasteiger partial charge on any atom is -0.497 e. The Hall–Kier alpha value is -2.40. The van der Waals surface area contributed by atoms with Crippen molar-refractivity contribution in [3.05, 3.63) is 59.2 Å². The number of rotatable bonds is 3. The highest BCUT2D eigenvalue weighted by molar-refractivity contribution is 7.80. The van der Waals surface area contributed by atoms with Gasteiger partial charge in [0.2, 0.25) is 0 Å². The van der Waals surface area contributed by atoms with E-state index >= 15 is 0 Å². The Morgan fingerprint density at radius 1 is 1.05 bits per heavy atom. The van der Waals surface area contributed by atoms with Crippen LogP contribution in [-0.2, 0) is 0 Å². The van der Waals surface area contributed by atoms with Crippen LogP contribution >= 0.6 is 12.2 Å². The number of hydrogen-bond acceptors (Lipinski definition) is 3. The number of methoxy groups -OCH3 is 1. The van der Waals surface area contributed by atoms with Gasteiger partial charge >= 0.3 is 0 Å². The molecule has 0 aromatic heterocycles. The molecule has 0 aliphatic carbocycles. The smallest absolute Gasteiger partial charge is 0.257 e. The maximum absolute atomic E-state index is 12.2. The molecule has 0 fully saturated rings. The van der Waals surface area contributed by atoms with Gasteiger partial charge in [-0.05, 0) is 73.6 Å². The molecular formula is C17H18N2O2S. The van der Waals surface area contributed by atoms with Crippen LogP contribution in [0.5, 0.6) is 5.75 Å². The first-order valence-electron chi connectivity index (χ1n) is 6.83. The van der Waals surface area contributed by atoms with E-state index in [0.717, 1.165) is 22.6 Å². The van der Waals surface area contributed by atoms with E-state index in [1.165, 1.54) is 0 Å². The van der Waals surface area contributed by atoms with Crippen LogP contribution < -0.4 is 15.4 Å². The third-order valence-electron chi connectivity index (χ3n) is 3.34. The predicted molar refractivity (Wildman–Crippen MR) is 92.6 cm³/mol. The molecule has 2 N–H and O–H groups in total. The maximum Gasteiger partial charge on any atom is 0.257 e. The lowest BCUT2D eigenvalue weighted by atomic mass is 10.1. The van der Waals surface area contributed by atoms with Gasteiger partial charge in [-0.1, -0.05) is 6.07 Å². The summed E-state index contributed by atoms with van der Waals surface area (Å²) in [6.07, 6.45) is 0. The predicted octanol–water partition coefficient (Wildman–Crippen LogP) is 3.44. The summed E-state index contributed by atoms with van der Waals surface area (Å²) in [5.74, 6) is 0.532. The molecule has 0 aliphatic rings. The Morgan fingerprint density at radius 2 is 1.73 bits per heavy atom. The molecule has 5 heteroatoms. The Morgan fingerprint density at radius 3 is 2.32 bits per heavy atom. The normalized spacial score (nSPS) is 9.95. The SMILES string of the molecule is COc1ccc(NC(=S)NC(=O)c2ccc(C)c(C)c2)cc1. The van der Waals surface area contributed by atoms with Crippen LogP contribution in [0.3, 0.4) is 0 Å². The minimum absolute atomic E-state index is 0.228. The van der Waals surface area contributed by atoms with Gasteiger partial charge in [0.25, 0.3) is 5.91 Å². The molecule has 0 bridgehead atoms. The van der Waals surface area contributed by atoms with Gasteiger partial charge in [-0.3, -0.25) is 10.1 Å². The number of nitrogens with one attached hydrogen (secondary N) is 2. The standard InChI is InChI=1S/C17H18N2O2S/c1-11-4-5-13(10-12(11)2)16(20)19-17(22)18-14-6-8-15(21-3)9-7-14/h4-10H,1-3H3,(H2,18,19,20,22). The van der Waals surface area contributed by atoms with Gasteiger partial charge in [-0.25, -0.2) is 0 Å². The minimum atomic E-state index is -0.228. The zero-order valence-corrected chi connectivity index (χ0v) is 13.6. The van der Waals surface area contributed by atoms with Gasteiger partial charge in [-0.2, -0.15) is 0 Å². The Kier molecular flexibility index (Phi) is 5.12. The van der Waals surface area contributed by atoms with Crippen molar-refractivity contribution < 1.29 is 9.53 Å². The number of ether oxygens (including phenoxy) is 1. The summed E-state index contributed by atoms with van der Waals surface area (Å²) in [7, 11) is 1.61. The summed E-state index contributed by atoms with van der Waals surface area (Å²) in [5.41, 5.74) is 3.59. The molecule has 0 saturated heterocycles. The average Bonchev–Trinajstić information content (AvgIpc) is 2.50. The quantitative estimate of drug-likeness (QED) is 0.852. The second-order valence-corrected chi connectivity index (χ2v) is 5.34. The second kappa shape index (κ2) is 7.04. The first-order valence-corrected chi connectivity index (χ1v) is 7.24. The number of carbonyl (C=O) groups is 1. The fraction of sp³-hybridized carbons (Fsp3) is 0.176. The van der Waals surface area contributed by atoms with Gasteiger partial charge in [0.1, 0.15) is 5.75 Å². The van der Waals surface area contributed by atoms with Crippen LogP contribution in [0.4, 0.5) is 5.69 Å². The highest BCUT2D eigenvalue weighted by Crippen LogP contribution is 2.15. The maximum atomic E-state index is 12.2. The molecule has 0 spiro atoms. The van der Waals surface area contributed by atoms with E-state index in [1.807, 2.05) is 50.2 Å². The van der Waals surface area contributed by atoms with Crippen LogP contribution in [-0.4, -0.2) is 18.1 Å². The van der Waals surface area contributed by atoms with Crippen LogP contribution in [0.15, 0.2) is 42.5 Å². The third-order valence-corrected chi connectivity index (χ3v) is 3.55. The van der Waals surface area contributed by atoms with E-state index < -0.39 is 0 Å². The van der Waals surface area contributed by atoms with Crippen molar-refractivity contribution in [1.29, 1.82) is 0 Å². The van der Waals surface area contributed by atoms with Crippen molar-refractivity contribution in [3.63, 3.8) is 0 Å². The number of anilines is 1. The van der Waals surface area contributed by atoms with Crippen molar-refractivity contribution >= 4 is 28.9 Å².